The fraction of sp³-hybridized carbons (Fsp3) is 0.650. The maximum atomic E-state index is 5.81. The van der Waals surface area contributed by atoms with Crippen LogP contribution in [0.1, 0.15) is 25.8 Å². The van der Waals surface area contributed by atoms with Gasteiger partial charge >= 0.3 is 0 Å². The number of likely N-dealkylation sites (tertiary alicyclic amines) is 1. The molecule has 1 aliphatic rings. The molecule has 148 valence electrons. The molecule has 0 amide bonds. The van der Waals surface area contributed by atoms with E-state index >= 15 is 0 Å². The van der Waals surface area contributed by atoms with Crippen LogP contribution in [-0.4, -0.2) is 57.2 Å². The molecule has 0 saturated carbocycles. The lowest BCUT2D eigenvalue weighted by atomic mass is 10.1. The number of rotatable bonds is 9. The van der Waals surface area contributed by atoms with E-state index in [2.05, 4.69) is 46.5 Å². The summed E-state index contributed by atoms with van der Waals surface area (Å²) in [5.74, 6) is 2.05. The molecule has 2 N–H and O–H groups in total. The first kappa shape index (κ1) is 23.2. The minimum Gasteiger partial charge on any atom is -0.376 e. The number of hydrogen-bond donors (Lipinski definition) is 2. The number of nitrogens with zero attached hydrogens (tertiary/aromatic N) is 2. The first-order valence-corrected chi connectivity index (χ1v) is 9.49. The van der Waals surface area contributed by atoms with Gasteiger partial charge in [-0.05, 0) is 36.9 Å². The highest BCUT2D eigenvalue weighted by molar-refractivity contribution is 14.0. The lowest BCUT2D eigenvalue weighted by Gasteiger charge is -2.18. The van der Waals surface area contributed by atoms with Crippen molar-refractivity contribution in [2.45, 2.75) is 26.9 Å². The van der Waals surface area contributed by atoms with Crippen LogP contribution < -0.4 is 10.6 Å². The molecule has 5 nitrogen and oxygen atoms in total. The maximum absolute atomic E-state index is 5.81. The predicted molar refractivity (Wildman–Crippen MR) is 120 cm³/mol. The monoisotopic (exact) mass is 474 g/mol. The van der Waals surface area contributed by atoms with Crippen molar-refractivity contribution >= 4 is 29.9 Å². The molecule has 1 heterocycles. The molecule has 26 heavy (non-hydrogen) atoms. The highest BCUT2D eigenvalue weighted by atomic mass is 127. The normalized spacial score (nSPS) is 19.0. The van der Waals surface area contributed by atoms with Crippen LogP contribution in [0.15, 0.2) is 35.3 Å². The molecule has 1 aliphatic heterocycles. The van der Waals surface area contributed by atoms with Crippen LogP contribution in [0.2, 0.25) is 0 Å². The van der Waals surface area contributed by atoms with Crippen LogP contribution in [0.4, 0.5) is 0 Å². The smallest absolute Gasteiger partial charge is 0.190 e. The molecule has 0 radical (unpaired) electrons. The molecule has 6 heteroatoms. The van der Waals surface area contributed by atoms with E-state index in [1.807, 2.05) is 25.2 Å². The minimum atomic E-state index is 0. The van der Waals surface area contributed by atoms with Gasteiger partial charge in [0.2, 0.25) is 0 Å². The van der Waals surface area contributed by atoms with Gasteiger partial charge in [-0.1, -0.05) is 44.2 Å². The molecule has 0 bridgehead atoms. The third-order valence-corrected chi connectivity index (χ3v) is 4.73. The third-order valence-electron chi connectivity index (χ3n) is 4.73. The molecular formula is C20H35IN4O. The number of guanidine groups is 1. The summed E-state index contributed by atoms with van der Waals surface area (Å²) in [6.45, 7) is 11.3. The molecule has 0 spiro atoms. The standard InChI is InChI=1S/C20H34N4O.HI/c1-4-24-11-10-19(14-24)13-23-20(21-3)22-12-17(2)15-25-16-18-8-6-5-7-9-18;/h5-9,17,19H,4,10-16H2,1-3H3,(H2,21,22,23);1H. The van der Waals surface area contributed by atoms with Crippen molar-refractivity contribution in [2.75, 3.05) is 46.4 Å². The number of nitrogens with one attached hydrogen (secondary N) is 2. The van der Waals surface area contributed by atoms with E-state index in [9.17, 15) is 0 Å². The van der Waals surface area contributed by atoms with Crippen LogP contribution in [0.25, 0.3) is 0 Å². The summed E-state index contributed by atoms with van der Waals surface area (Å²) in [4.78, 5) is 6.84. The van der Waals surface area contributed by atoms with Gasteiger partial charge in [0.1, 0.15) is 0 Å². The third kappa shape index (κ3) is 8.68. The minimum absolute atomic E-state index is 0. The molecule has 2 atom stereocenters. The summed E-state index contributed by atoms with van der Waals surface area (Å²) in [5.41, 5.74) is 1.22. The summed E-state index contributed by atoms with van der Waals surface area (Å²) >= 11 is 0. The summed E-state index contributed by atoms with van der Waals surface area (Å²) in [6.07, 6.45) is 1.28. The van der Waals surface area contributed by atoms with E-state index in [-0.39, 0.29) is 24.0 Å². The van der Waals surface area contributed by atoms with Gasteiger partial charge in [0.25, 0.3) is 0 Å². The van der Waals surface area contributed by atoms with E-state index in [0.717, 1.165) is 38.1 Å². The molecular weight excluding hydrogens is 439 g/mol. The van der Waals surface area contributed by atoms with Crippen molar-refractivity contribution in [3.05, 3.63) is 35.9 Å². The number of hydrogen-bond acceptors (Lipinski definition) is 3. The van der Waals surface area contributed by atoms with Gasteiger partial charge in [0.05, 0.1) is 13.2 Å². The zero-order valence-electron chi connectivity index (χ0n) is 16.4. The van der Waals surface area contributed by atoms with Crippen LogP contribution in [-0.2, 0) is 11.3 Å². The van der Waals surface area contributed by atoms with E-state index in [1.165, 1.54) is 25.1 Å². The van der Waals surface area contributed by atoms with Crippen molar-refractivity contribution in [2.24, 2.45) is 16.8 Å². The molecule has 2 unspecified atom stereocenters. The van der Waals surface area contributed by atoms with Crippen LogP contribution in [0.5, 0.6) is 0 Å². The van der Waals surface area contributed by atoms with Gasteiger partial charge in [-0.2, -0.15) is 0 Å². The predicted octanol–water partition coefficient (Wildman–Crippen LogP) is 2.96. The van der Waals surface area contributed by atoms with E-state index in [0.29, 0.717) is 12.5 Å². The second kappa shape index (κ2) is 13.3. The van der Waals surface area contributed by atoms with Gasteiger partial charge in [0, 0.05) is 26.7 Å². The molecule has 1 aromatic carbocycles. The fourth-order valence-electron chi connectivity index (χ4n) is 3.11. The summed E-state index contributed by atoms with van der Waals surface area (Å²) < 4.78 is 5.81. The van der Waals surface area contributed by atoms with Crippen molar-refractivity contribution in [3.8, 4) is 0 Å². The zero-order chi connectivity index (χ0) is 17.9. The maximum Gasteiger partial charge on any atom is 0.190 e. The highest BCUT2D eigenvalue weighted by Crippen LogP contribution is 2.14. The summed E-state index contributed by atoms with van der Waals surface area (Å²) in [5, 5.41) is 6.88. The highest BCUT2D eigenvalue weighted by Gasteiger charge is 2.21. The average Bonchev–Trinajstić information content (AvgIpc) is 3.11. The summed E-state index contributed by atoms with van der Waals surface area (Å²) in [7, 11) is 1.83. The Morgan fingerprint density at radius 3 is 2.73 bits per heavy atom. The Hall–Kier alpha value is -0.860. The first-order valence-electron chi connectivity index (χ1n) is 9.49. The fourth-order valence-corrected chi connectivity index (χ4v) is 3.11. The topological polar surface area (TPSA) is 48.9 Å². The Morgan fingerprint density at radius 2 is 2.08 bits per heavy atom. The Balaban J connectivity index is 0.00000338. The molecule has 1 aromatic rings. The Kier molecular flexibility index (Phi) is 11.9. The number of aliphatic imine (C=N–C) groups is 1. The Morgan fingerprint density at radius 1 is 1.31 bits per heavy atom. The number of benzene rings is 1. The molecule has 0 aromatic heterocycles. The van der Waals surface area contributed by atoms with E-state index in [4.69, 9.17) is 4.74 Å². The SMILES string of the molecule is CCN1CCC(CNC(=NC)NCC(C)COCc2ccccc2)C1.I. The zero-order valence-corrected chi connectivity index (χ0v) is 18.7. The largest absolute Gasteiger partial charge is 0.376 e. The van der Waals surface area contributed by atoms with Gasteiger partial charge in [-0.3, -0.25) is 4.99 Å². The number of ether oxygens (including phenoxy) is 1. The second-order valence-corrected chi connectivity index (χ2v) is 6.99. The van der Waals surface area contributed by atoms with E-state index < -0.39 is 0 Å². The Bertz CT molecular complexity index is 512. The molecule has 2 rings (SSSR count). The van der Waals surface area contributed by atoms with Crippen LogP contribution in [0.3, 0.4) is 0 Å². The molecule has 1 fully saturated rings. The van der Waals surface area contributed by atoms with Gasteiger partial charge < -0.3 is 20.3 Å². The van der Waals surface area contributed by atoms with Crippen molar-refractivity contribution < 1.29 is 4.74 Å². The van der Waals surface area contributed by atoms with Crippen molar-refractivity contribution in [1.29, 1.82) is 0 Å². The second-order valence-electron chi connectivity index (χ2n) is 6.99. The van der Waals surface area contributed by atoms with Gasteiger partial charge in [-0.15, -0.1) is 24.0 Å². The quantitative estimate of drug-likeness (QED) is 0.328. The van der Waals surface area contributed by atoms with Crippen LogP contribution >= 0.6 is 24.0 Å². The molecule has 1 saturated heterocycles. The first-order chi connectivity index (χ1) is 12.2. The lowest BCUT2D eigenvalue weighted by Crippen LogP contribution is -2.42. The Labute approximate surface area is 176 Å². The van der Waals surface area contributed by atoms with Crippen LogP contribution in [0, 0.1) is 11.8 Å². The van der Waals surface area contributed by atoms with Crippen molar-refractivity contribution in [3.63, 3.8) is 0 Å². The van der Waals surface area contributed by atoms with Crippen molar-refractivity contribution in [1.82, 2.24) is 15.5 Å². The average molecular weight is 474 g/mol. The number of halogens is 1. The lowest BCUT2D eigenvalue weighted by molar-refractivity contribution is 0.0931. The molecule has 0 aliphatic carbocycles. The van der Waals surface area contributed by atoms with E-state index in [1.54, 1.807) is 0 Å². The summed E-state index contributed by atoms with van der Waals surface area (Å²) in [6, 6.07) is 10.3. The van der Waals surface area contributed by atoms with Gasteiger partial charge in [0.15, 0.2) is 5.96 Å². The van der Waals surface area contributed by atoms with Gasteiger partial charge in [-0.25, -0.2) is 0 Å².